The van der Waals surface area contributed by atoms with Gasteiger partial charge in [-0.2, -0.15) is 4.98 Å². The number of hydrogen-bond acceptors (Lipinski definition) is 5. The van der Waals surface area contributed by atoms with Gasteiger partial charge in [0.05, 0.1) is 10.4 Å². The van der Waals surface area contributed by atoms with Crippen LogP contribution in [0.3, 0.4) is 0 Å². The van der Waals surface area contributed by atoms with Crippen molar-refractivity contribution in [2.75, 3.05) is 6.54 Å². The largest absolute Gasteiger partial charge is 0.337 e. The lowest BCUT2D eigenvalue weighted by atomic mass is 9.91. The highest BCUT2D eigenvalue weighted by atomic mass is 32.1. The van der Waals surface area contributed by atoms with Crippen molar-refractivity contribution in [3.8, 4) is 10.7 Å². The molecule has 3 rings (SSSR count). The predicted molar refractivity (Wildman–Crippen MR) is 66.8 cm³/mol. The van der Waals surface area contributed by atoms with E-state index in [2.05, 4.69) is 22.4 Å². The molecular weight excluding hydrogens is 234 g/mol. The number of thiophene rings is 1. The summed E-state index contributed by atoms with van der Waals surface area (Å²) in [5, 5.41) is 9.56. The zero-order valence-corrected chi connectivity index (χ0v) is 10.6. The van der Waals surface area contributed by atoms with E-state index in [4.69, 9.17) is 4.52 Å². The molecule has 0 saturated carbocycles. The van der Waals surface area contributed by atoms with E-state index < -0.39 is 0 Å². The molecule has 1 aliphatic heterocycles. The third kappa shape index (κ3) is 2.00. The van der Waals surface area contributed by atoms with Gasteiger partial charge in [-0.25, -0.2) is 0 Å². The monoisotopic (exact) mass is 249 g/mol. The summed E-state index contributed by atoms with van der Waals surface area (Å²) in [4.78, 5) is 5.57. The summed E-state index contributed by atoms with van der Waals surface area (Å²) in [5.41, 5.74) is -0.152. The predicted octanol–water partition coefficient (Wildman–Crippen LogP) is 2.79. The van der Waals surface area contributed by atoms with E-state index in [1.807, 2.05) is 17.5 Å². The van der Waals surface area contributed by atoms with Gasteiger partial charge >= 0.3 is 0 Å². The lowest BCUT2D eigenvalue weighted by Gasteiger charge is -2.31. The number of hydrogen-bond donors (Lipinski definition) is 1. The minimum Gasteiger partial charge on any atom is -0.337 e. The first-order valence-corrected chi connectivity index (χ1v) is 6.79. The highest BCUT2D eigenvalue weighted by molar-refractivity contribution is 7.13. The summed E-state index contributed by atoms with van der Waals surface area (Å²) in [7, 11) is 0. The molecule has 0 aromatic carbocycles. The Labute approximate surface area is 104 Å². The summed E-state index contributed by atoms with van der Waals surface area (Å²) in [6.45, 7) is 3.16. The average molecular weight is 249 g/mol. The van der Waals surface area contributed by atoms with Crippen molar-refractivity contribution < 1.29 is 4.52 Å². The Balaban J connectivity index is 1.89. The van der Waals surface area contributed by atoms with Gasteiger partial charge in [-0.3, -0.25) is 0 Å². The zero-order chi connectivity index (χ0) is 11.7. The molecule has 0 aliphatic carbocycles. The second kappa shape index (κ2) is 4.23. The van der Waals surface area contributed by atoms with Crippen LogP contribution in [0.15, 0.2) is 22.0 Å². The number of nitrogens with zero attached hydrogens (tertiary/aromatic N) is 2. The Kier molecular flexibility index (Phi) is 2.72. The maximum Gasteiger partial charge on any atom is 0.246 e. The van der Waals surface area contributed by atoms with E-state index in [-0.39, 0.29) is 5.54 Å². The van der Waals surface area contributed by atoms with Gasteiger partial charge in [-0.05, 0) is 44.2 Å². The Morgan fingerprint density at radius 1 is 1.47 bits per heavy atom. The van der Waals surface area contributed by atoms with E-state index >= 15 is 0 Å². The van der Waals surface area contributed by atoms with Crippen molar-refractivity contribution in [2.45, 2.75) is 31.7 Å². The van der Waals surface area contributed by atoms with Crippen molar-refractivity contribution in [2.24, 2.45) is 0 Å². The molecule has 0 bridgehead atoms. The molecule has 1 saturated heterocycles. The molecule has 1 unspecified atom stereocenters. The highest BCUT2D eigenvalue weighted by Gasteiger charge is 2.34. The van der Waals surface area contributed by atoms with Crippen molar-refractivity contribution in [1.82, 2.24) is 15.5 Å². The molecule has 2 aromatic heterocycles. The molecule has 2 aromatic rings. The Bertz CT molecular complexity index is 486. The molecule has 4 nitrogen and oxygen atoms in total. The van der Waals surface area contributed by atoms with E-state index in [1.165, 1.54) is 12.8 Å². The first kappa shape index (κ1) is 10.9. The first-order chi connectivity index (χ1) is 8.28. The fourth-order valence-electron chi connectivity index (χ4n) is 2.19. The molecule has 5 heteroatoms. The summed E-state index contributed by atoms with van der Waals surface area (Å²) >= 11 is 1.63. The molecule has 1 N–H and O–H groups in total. The van der Waals surface area contributed by atoms with Crippen molar-refractivity contribution in [1.29, 1.82) is 0 Å². The highest BCUT2D eigenvalue weighted by Crippen LogP contribution is 2.30. The van der Waals surface area contributed by atoms with E-state index in [9.17, 15) is 0 Å². The Morgan fingerprint density at radius 3 is 3.12 bits per heavy atom. The molecule has 90 valence electrons. The van der Waals surface area contributed by atoms with Crippen LogP contribution in [0.1, 0.15) is 32.1 Å². The lowest BCUT2D eigenvalue weighted by molar-refractivity contribution is 0.207. The van der Waals surface area contributed by atoms with E-state index in [0.717, 1.165) is 17.8 Å². The molecule has 3 heterocycles. The fourth-order valence-corrected chi connectivity index (χ4v) is 2.84. The number of nitrogens with one attached hydrogen (secondary N) is 1. The molecule has 1 fully saturated rings. The molecule has 0 radical (unpaired) electrons. The third-order valence-corrected chi connectivity index (χ3v) is 4.12. The van der Waals surface area contributed by atoms with Gasteiger partial charge < -0.3 is 9.84 Å². The maximum atomic E-state index is 5.41. The van der Waals surface area contributed by atoms with Crippen molar-refractivity contribution in [3.05, 3.63) is 23.4 Å². The van der Waals surface area contributed by atoms with Gasteiger partial charge in [0.1, 0.15) is 0 Å². The lowest BCUT2D eigenvalue weighted by Crippen LogP contribution is -2.43. The zero-order valence-electron chi connectivity index (χ0n) is 9.77. The second-order valence-corrected chi connectivity index (χ2v) is 5.56. The molecule has 1 atom stereocenters. The molecular formula is C12H15N3OS. The van der Waals surface area contributed by atoms with Gasteiger partial charge in [0, 0.05) is 0 Å². The van der Waals surface area contributed by atoms with Crippen LogP contribution in [0.4, 0.5) is 0 Å². The SMILES string of the molecule is CC1(c2nc(-c3cccs3)no2)CCCCN1. The van der Waals surface area contributed by atoms with Crippen molar-refractivity contribution >= 4 is 11.3 Å². The van der Waals surface area contributed by atoms with Crippen LogP contribution in [-0.2, 0) is 5.54 Å². The second-order valence-electron chi connectivity index (χ2n) is 4.62. The molecule has 0 amide bonds. The Morgan fingerprint density at radius 2 is 2.41 bits per heavy atom. The summed E-state index contributed by atoms with van der Waals surface area (Å²) in [5.74, 6) is 1.41. The Hall–Kier alpha value is -1.20. The normalized spacial score (nSPS) is 25.0. The van der Waals surface area contributed by atoms with Crippen LogP contribution < -0.4 is 5.32 Å². The van der Waals surface area contributed by atoms with Crippen molar-refractivity contribution in [3.63, 3.8) is 0 Å². The number of piperidine rings is 1. The van der Waals surface area contributed by atoms with Crippen LogP contribution in [0.25, 0.3) is 10.7 Å². The molecule has 17 heavy (non-hydrogen) atoms. The van der Waals surface area contributed by atoms with Gasteiger partial charge in [-0.1, -0.05) is 11.2 Å². The van der Waals surface area contributed by atoms with Gasteiger partial charge in [0.2, 0.25) is 11.7 Å². The van der Waals surface area contributed by atoms with Crippen LogP contribution in [0.2, 0.25) is 0 Å². The topological polar surface area (TPSA) is 51.0 Å². The maximum absolute atomic E-state index is 5.41. The number of rotatable bonds is 2. The fraction of sp³-hybridized carbons (Fsp3) is 0.500. The van der Waals surface area contributed by atoms with Crippen LogP contribution in [0.5, 0.6) is 0 Å². The average Bonchev–Trinajstić information content (AvgIpc) is 3.01. The van der Waals surface area contributed by atoms with E-state index in [1.54, 1.807) is 11.3 Å². The minimum atomic E-state index is -0.152. The van der Waals surface area contributed by atoms with Crippen LogP contribution >= 0.6 is 11.3 Å². The minimum absolute atomic E-state index is 0.152. The number of aromatic nitrogens is 2. The third-order valence-electron chi connectivity index (χ3n) is 3.26. The molecule has 1 aliphatic rings. The van der Waals surface area contributed by atoms with Crippen LogP contribution in [0, 0.1) is 0 Å². The van der Waals surface area contributed by atoms with Crippen LogP contribution in [-0.4, -0.2) is 16.7 Å². The van der Waals surface area contributed by atoms with Gasteiger partial charge in [-0.15, -0.1) is 11.3 Å². The van der Waals surface area contributed by atoms with Gasteiger partial charge in [0.15, 0.2) is 0 Å². The summed E-state index contributed by atoms with van der Waals surface area (Å²) in [6.07, 6.45) is 3.49. The standard InChI is InChI=1S/C12H15N3OS/c1-12(6-2-3-7-13-12)11-14-10(15-16-11)9-5-4-8-17-9/h4-5,8,13H,2-3,6-7H2,1H3. The summed E-state index contributed by atoms with van der Waals surface area (Å²) < 4.78 is 5.41. The quantitative estimate of drug-likeness (QED) is 0.889. The molecule has 0 spiro atoms. The summed E-state index contributed by atoms with van der Waals surface area (Å²) in [6, 6.07) is 4.01. The van der Waals surface area contributed by atoms with E-state index in [0.29, 0.717) is 11.7 Å². The van der Waals surface area contributed by atoms with Gasteiger partial charge in [0.25, 0.3) is 0 Å². The first-order valence-electron chi connectivity index (χ1n) is 5.91. The smallest absolute Gasteiger partial charge is 0.246 e.